The Bertz CT molecular complexity index is 523. The van der Waals surface area contributed by atoms with Gasteiger partial charge in [-0.2, -0.15) is 0 Å². The lowest BCUT2D eigenvalue weighted by molar-refractivity contribution is 0.0697. The summed E-state index contributed by atoms with van der Waals surface area (Å²) < 4.78 is 0. The molecular weight excluding hydrogens is 268 g/mol. The van der Waals surface area contributed by atoms with E-state index in [1.165, 1.54) is 0 Å². The van der Waals surface area contributed by atoms with Gasteiger partial charge in [-0.25, -0.2) is 9.59 Å². The minimum atomic E-state index is -0.925. The topological polar surface area (TPSA) is 69.6 Å². The SMILES string of the molecule is CC1(C)CCN(C(=O)NCCc2ccc(C(=O)O)cc2)C1. The second-order valence-corrected chi connectivity index (χ2v) is 6.32. The molecule has 0 spiro atoms. The third-order valence-electron chi connectivity index (χ3n) is 3.86. The fraction of sp³-hybridized carbons (Fsp3) is 0.500. The average molecular weight is 290 g/mol. The predicted octanol–water partition coefficient (Wildman–Crippen LogP) is 2.37. The Hall–Kier alpha value is -2.04. The Balaban J connectivity index is 1.76. The second-order valence-electron chi connectivity index (χ2n) is 6.32. The van der Waals surface area contributed by atoms with Gasteiger partial charge in [-0.15, -0.1) is 0 Å². The summed E-state index contributed by atoms with van der Waals surface area (Å²) in [5, 5.41) is 11.7. The van der Waals surface area contributed by atoms with Crippen LogP contribution in [-0.2, 0) is 6.42 Å². The zero-order valence-electron chi connectivity index (χ0n) is 12.6. The highest BCUT2D eigenvalue weighted by molar-refractivity contribution is 5.87. The average Bonchev–Trinajstić information content (AvgIpc) is 2.79. The molecule has 1 aromatic rings. The van der Waals surface area contributed by atoms with Crippen LogP contribution >= 0.6 is 0 Å². The lowest BCUT2D eigenvalue weighted by Gasteiger charge is -2.20. The number of rotatable bonds is 4. The number of amides is 2. The standard InChI is InChI=1S/C16H22N2O3/c1-16(2)8-10-18(11-16)15(21)17-9-7-12-3-5-13(6-4-12)14(19)20/h3-6H,7-11H2,1-2H3,(H,17,21)(H,19,20). The normalized spacial score (nSPS) is 16.8. The number of hydrogen-bond donors (Lipinski definition) is 2. The molecule has 2 N–H and O–H groups in total. The minimum Gasteiger partial charge on any atom is -0.478 e. The van der Waals surface area contributed by atoms with E-state index >= 15 is 0 Å². The molecule has 0 bridgehead atoms. The van der Waals surface area contributed by atoms with Gasteiger partial charge in [0.1, 0.15) is 0 Å². The van der Waals surface area contributed by atoms with Crippen LogP contribution in [0.1, 0.15) is 36.2 Å². The van der Waals surface area contributed by atoms with E-state index in [4.69, 9.17) is 5.11 Å². The molecule has 114 valence electrons. The first-order chi connectivity index (χ1) is 9.87. The maximum Gasteiger partial charge on any atom is 0.335 e. The van der Waals surface area contributed by atoms with Gasteiger partial charge < -0.3 is 15.3 Å². The van der Waals surface area contributed by atoms with Gasteiger partial charge in [0.2, 0.25) is 0 Å². The Morgan fingerprint density at radius 1 is 1.29 bits per heavy atom. The number of carboxylic acids is 1. The summed E-state index contributed by atoms with van der Waals surface area (Å²) in [5.74, 6) is -0.925. The maximum atomic E-state index is 12.0. The number of hydrogen-bond acceptors (Lipinski definition) is 2. The number of carboxylic acid groups (broad SMARTS) is 1. The molecule has 0 aliphatic carbocycles. The van der Waals surface area contributed by atoms with Crippen molar-refractivity contribution < 1.29 is 14.7 Å². The van der Waals surface area contributed by atoms with Crippen molar-refractivity contribution in [1.29, 1.82) is 0 Å². The number of aromatic carboxylic acids is 1. The van der Waals surface area contributed by atoms with Gasteiger partial charge in [-0.1, -0.05) is 26.0 Å². The van der Waals surface area contributed by atoms with Crippen LogP contribution in [0.3, 0.4) is 0 Å². The van der Waals surface area contributed by atoms with Crippen molar-refractivity contribution in [2.45, 2.75) is 26.7 Å². The summed E-state index contributed by atoms with van der Waals surface area (Å²) in [6.45, 7) is 6.51. The van der Waals surface area contributed by atoms with E-state index in [1.54, 1.807) is 24.3 Å². The summed E-state index contributed by atoms with van der Waals surface area (Å²) in [6, 6.07) is 6.73. The number of nitrogens with zero attached hydrogens (tertiary/aromatic N) is 1. The third-order valence-corrected chi connectivity index (χ3v) is 3.86. The van der Waals surface area contributed by atoms with Crippen LogP contribution in [0.2, 0.25) is 0 Å². The first kappa shape index (κ1) is 15.4. The van der Waals surface area contributed by atoms with Crippen molar-refractivity contribution in [3.63, 3.8) is 0 Å². The van der Waals surface area contributed by atoms with Gasteiger partial charge in [-0.05, 0) is 36.0 Å². The van der Waals surface area contributed by atoms with Gasteiger partial charge in [0.15, 0.2) is 0 Å². The van der Waals surface area contributed by atoms with Gasteiger partial charge in [0.05, 0.1) is 5.56 Å². The third kappa shape index (κ3) is 4.21. The molecule has 0 aromatic heterocycles. The molecule has 2 rings (SSSR count). The highest BCUT2D eigenvalue weighted by Crippen LogP contribution is 2.28. The van der Waals surface area contributed by atoms with E-state index in [0.29, 0.717) is 13.0 Å². The van der Waals surface area contributed by atoms with E-state index in [-0.39, 0.29) is 17.0 Å². The van der Waals surface area contributed by atoms with Crippen molar-refractivity contribution >= 4 is 12.0 Å². The minimum absolute atomic E-state index is 0.0114. The number of benzene rings is 1. The molecule has 5 nitrogen and oxygen atoms in total. The summed E-state index contributed by atoms with van der Waals surface area (Å²) in [5.41, 5.74) is 1.51. The Kier molecular flexibility index (Phi) is 4.50. The quantitative estimate of drug-likeness (QED) is 0.894. The largest absolute Gasteiger partial charge is 0.478 e. The molecule has 1 aromatic carbocycles. The van der Waals surface area contributed by atoms with E-state index in [9.17, 15) is 9.59 Å². The van der Waals surface area contributed by atoms with Gasteiger partial charge >= 0.3 is 12.0 Å². The van der Waals surface area contributed by atoms with Crippen molar-refractivity contribution in [2.24, 2.45) is 5.41 Å². The Labute approximate surface area is 125 Å². The molecular formula is C16H22N2O3. The summed E-state index contributed by atoms with van der Waals surface area (Å²) in [6.07, 6.45) is 1.74. The summed E-state index contributed by atoms with van der Waals surface area (Å²) >= 11 is 0. The number of nitrogens with one attached hydrogen (secondary N) is 1. The monoisotopic (exact) mass is 290 g/mol. The lowest BCUT2D eigenvalue weighted by Crippen LogP contribution is -2.40. The fourth-order valence-electron chi connectivity index (χ4n) is 2.53. The molecule has 1 saturated heterocycles. The highest BCUT2D eigenvalue weighted by Gasteiger charge is 2.31. The highest BCUT2D eigenvalue weighted by atomic mass is 16.4. The van der Waals surface area contributed by atoms with Crippen LogP contribution in [-0.4, -0.2) is 41.6 Å². The van der Waals surface area contributed by atoms with E-state index in [2.05, 4.69) is 19.2 Å². The molecule has 2 amide bonds. The van der Waals surface area contributed by atoms with Gasteiger partial charge in [0, 0.05) is 19.6 Å². The number of carbonyl (C=O) groups excluding carboxylic acids is 1. The van der Waals surface area contributed by atoms with Gasteiger partial charge in [0.25, 0.3) is 0 Å². The van der Waals surface area contributed by atoms with E-state index in [0.717, 1.165) is 25.1 Å². The predicted molar refractivity (Wildman–Crippen MR) is 80.5 cm³/mol. The fourth-order valence-corrected chi connectivity index (χ4v) is 2.53. The lowest BCUT2D eigenvalue weighted by atomic mass is 9.93. The van der Waals surface area contributed by atoms with Crippen LogP contribution in [0.5, 0.6) is 0 Å². The maximum absolute atomic E-state index is 12.0. The van der Waals surface area contributed by atoms with Crippen molar-refractivity contribution in [2.75, 3.05) is 19.6 Å². The van der Waals surface area contributed by atoms with Crippen LogP contribution in [0, 0.1) is 5.41 Å². The zero-order chi connectivity index (χ0) is 15.5. The molecule has 0 unspecified atom stereocenters. The molecule has 21 heavy (non-hydrogen) atoms. The van der Waals surface area contributed by atoms with Crippen LogP contribution < -0.4 is 5.32 Å². The zero-order valence-corrected chi connectivity index (χ0v) is 12.6. The first-order valence-corrected chi connectivity index (χ1v) is 7.22. The smallest absolute Gasteiger partial charge is 0.335 e. The van der Waals surface area contributed by atoms with Crippen LogP contribution in [0.15, 0.2) is 24.3 Å². The Morgan fingerprint density at radius 3 is 2.48 bits per heavy atom. The van der Waals surface area contributed by atoms with Crippen molar-refractivity contribution in [3.05, 3.63) is 35.4 Å². The summed E-state index contributed by atoms with van der Waals surface area (Å²) in [4.78, 5) is 24.6. The van der Waals surface area contributed by atoms with Crippen molar-refractivity contribution in [1.82, 2.24) is 10.2 Å². The Morgan fingerprint density at radius 2 is 1.95 bits per heavy atom. The van der Waals surface area contributed by atoms with E-state index in [1.807, 2.05) is 4.90 Å². The number of carbonyl (C=O) groups is 2. The summed E-state index contributed by atoms with van der Waals surface area (Å²) in [7, 11) is 0. The molecule has 1 aliphatic heterocycles. The van der Waals surface area contributed by atoms with Gasteiger partial charge in [-0.3, -0.25) is 0 Å². The first-order valence-electron chi connectivity index (χ1n) is 7.22. The number of likely N-dealkylation sites (tertiary alicyclic amines) is 1. The molecule has 0 saturated carbocycles. The van der Waals surface area contributed by atoms with Crippen LogP contribution in [0.4, 0.5) is 4.79 Å². The van der Waals surface area contributed by atoms with Crippen molar-refractivity contribution in [3.8, 4) is 0 Å². The molecule has 0 atom stereocenters. The molecule has 1 heterocycles. The molecule has 1 aliphatic rings. The van der Waals surface area contributed by atoms with Crippen LogP contribution in [0.25, 0.3) is 0 Å². The molecule has 1 fully saturated rings. The second kappa shape index (κ2) is 6.16. The molecule has 5 heteroatoms. The number of urea groups is 1. The van der Waals surface area contributed by atoms with E-state index < -0.39 is 5.97 Å². The molecule has 0 radical (unpaired) electrons.